The van der Waals surface area contributed by atoms with Crippen LogP contribution in [0.3, 0.4) is 0 Å². The molecule has 0 spiro atoms. The minimum atomic E-state index is -0.924. The molecule has 0 bridgehead atoms. The molecule has 0 aliphatic carbocycles. The third-order valence-electron chi connectivity index (χ3n) is 1.41. The lowest BCUT2D eigenvalue weighted by Crippen LogP contribution is -2.33. The summed E-state index contributed by atoms with van der Waals surface area (Å²) in [5.74, 6) is 0.848. The zero-order valence-electron chi connectivity index (χ0n) is 10.2. The van der Waals surface area contributed by atoms with Gasteiger partial charge in [0.15, 0.2) is 0 Å². The van der Waals surface area contributed by atoms with E-state index in [0.717, 1.165) is 5.75 Å². The molecule has 0 aliphatic rings. The van der Waals surface area contributed by atoms with Crippen LogP contribution >= 0.6 is 21.6 Å². The van der Waals surface area contributed by atoms with Crippen molar-refractivity contribution < 1.29 is 14.9 Å². The summed E-state index contributed by atoms with van der Waals surface area (Å²) in [7, 11) is 3.55. The third-order valence-corrected chi connectivity index (χ3v) is 4.71. The van der Waals surface area contributed by atoms with Crippen LogP contribution in [0.15, 0.2) is 0 Å². The quantitative estimate of drug-likeness (QED) is 0.334. The Balaban J connectivity index is 3.24. The van der Waals surface area contributed by atoms with E-state index in [-0.39, 0.29) is 11.4 Å². The van der Waals surface area contributed by atoms with E-state index in [1.807, 2.05) is 10.8 Å². The summed E-state index contributed by atoms with van der Waals surface area (Å²) >= 11 is 0. The second kappa shape index (κ2) is 9.56. The average molecular weight is 269 g/mol. The molecule has 0 amide bonds. The summed E-state index contributed by atoms with van der Waals surface area (Å²) in [6.07, 6.45) is -0.304. The molecule has 0 rings (SSSR count). The molecule has 6 heteroatoms. The van der Waals surface area contributed by atoms with Gasteiger partial charge in [0.25, 0.3) is 0 Å². The first-order chi connectivity index (χ1) is 7.45. The van der Waals surface area contributed by atoms with Gasteiger partial charge in [-0.15, -0.1) is 0 Å². The first kappa shape index (κ1) is 16.5. The minimum absolute atomic E-state index is 0.123. The predicted octanol–water partition coefficient (Wildman–Crippen LogP) is 1.43. The highest BCUT2D eigenvalue weighted by atomic mass is 33.1. The van der Waals surface area contributed by atoms with Crippen LogP contribution in [-0.4, -0.2) is 46.9 Å². The fourth-order valence-corrected chi connectivity index (χ4v) is 2.89. The number of hydrogen-bond acceptors (Lipinski definition) is 6. The lowest BCUT2D eigenvalue weighted by atomic mass is 10.3. The zero-order valence-corrected chi connectivity index (χ0v) is 11.9. The predicted molar refractivity (Wildman–Crippen MR) is 71.5 cm³/mol. The second-order valence-electron chi connectivity index (χ2n) is 4.27. The summed E-state index contributed by atoms with van der Waals surface area (Å²) < 4.78 is 5.38. The van der Waals surface area contributed by atoms with Gasteiger partial charge in [0.05, 0.1) is 6.61 Å². The van der Waals surface area contributed by atoms with Gasteiger partial charge in [-0.25, -0.2) is 0 Å². The molecule has 0 aliphatic heterocycles. The first-order valence-electron chi connectivity index (χ1n) is 5.40. The van der Waals surface area contributed by atoms with E-state index in [4.69, 9.17) is 9.84 Å². The van der Waals surface area contributed by atoms with E-state index >= 15 is 0 Å². The Hall–Kier alpha value is 0.540. The van der Waals surface area contributed by atoms with Crippen LogP contribution in [0.1, 0.15) is 27.2 Å². The Morgan fingerprint density at radius 3 is 2.62 bits per heavy atom. The van der Waals surface area contributed by atoms with E-state index in [1.54, 1.807) is 10.8 Å². The smallest absolute Gasteiger partial charge is 0.213 e. The molecule has 0 fully saturated rings. The SMILES string of the molecule is CC(C)(C)SSCCOC(O)NCCCO. The van der Waals surface area contributed by atoms with Crippen molar-refractivity contribution in [3.05, 3.63) is 0 Å². The summed E-state index contributed by atoms with van der Waals surface area (Å²) in [5, 5.41) is 20.6. The van der Waals surface area contributed by atoms with Crippen molar-refractivity contribution in [2.75, 3.05) is 25.5 Å². The van der Waals surface area contributed by atoms with Crippen molar-refractivity contribution in [1.29, 1.82) is 0 Å². The van der Waals surface area contributed by atoms with Crippen molar-refractivity contribution in [1.82, 2.24) is 5.32 Å². The van der Waals surface area contributed by atoms with Gasteiger partial charge >= 0.3 is 0 Å². The number of hydrogen-bond donors (Lipinski definition) is 3. The van der Waals surface area contributed by atoms with Crippen LogP contribution in [0, 0.1) is 0 Å². The average Bonchev–Trinajstić information content (AvgIpc) is 2.16. The van der Waals surface area contributed by atoms with Crippen molar-refractivity contribution in [3.8, 4) is 0 Å². The van der Waals surface area contributed by atoms with Gasteiger partial charge < -0.3 is 14.9 Å². The van der Waals surface area contributed by atoms with Gasteiger partial charge in [0.2, 0.25) is 6.41 Å². The fourth-order valence-electron chi connectivity index (χ4n) is 0.776. The largest absolute Gasteiger partial charge is 0.396 e. The van der Waals surface area contributed by atoms with Crippen LogP contribution < -0.4 is 5.32 Å². The van der Waals surface area contributed by atoms with Crippen molar-refractivity contribution in [3.63, 3.8) is 0 Å². The van der Waals surface area contributed by atoms with Crippen molar-refractivity contribution in [2.45, 2.75) is 38.4 Å². The van der Waals surface area contributed by atoms with Crippen LogP contribution in [0.25, 0.3) is 0 Å². The Morgan fingerprint density at radius 2 is 2.06 bits per heavy atom. The van der Waals surface area contributed by atoms with Gasteiger partial charge in [-0.3, -0.25) is 5.32 Å². The molecular weight excluding hydrogens is 246 g/mol. The summed E-state index contributed by atoms with van der Waals surface area (Å²) in [4.78, 5) is 0. The fraction of sp³-hybridized carbons (Fsp3) is 1.00. The number of rotatable bonds is 9. The van der Waals surface area contributed by atoms with E-state index < -0.39 is 6.41 Å². The number of ether oxygens (including phenoxy) is 1. The molecule has 0 saturated heterocycles. The van der Waals surface area contributed by atoms with Crippen LogP contribution in [-0.2, 0) is 4.74 Å². The monoisotopic (exact) mass is 269 g/mol. The third kappa shape index (κ3) is 12.6. The molecule has 0 heterocycles. The first-order valence-corrected chi connectivity index (χ1v) is 7.72. The maximum Gasteiger partial charge on any atom is 0.213 e. The minimum Gasteiger partial charge on any atom is -0.396 e. The molecular formula is C10H23NO3S2. The Kier molecular flexibility index (Phi) is 9.88. The zero-order chi connectivity index (χ0) is 12.4. The van der Waals surface area contributed by atoms with Gasteiger partial charge in [-0.2, -0.15) is 0 Å². The van der Waals surface area contributed by atoms with E-state index in [2.05, 4.69) is 26.1 Å². The molecule has 98 valence electrons. The normalized spacial score (nSPS) is 14.1. The topological polar surface area (TPSA) is 61.7 Å². The van der Waals surface area contributed by atoms with Crippen molar-refractivity contribution in [2.24, 2.45) is 0 Å². The maximum absolute atomic E-state index is 9.30. The van der Waals surface area contributed by atoms with Gasteiger partial charge in [-0.05, 0) is 6.42 Å². The van der Waals surface area contributed by atoms with Crippen LogP contribution in [0.4, 0.5) is 0 Å². The highest BCUT2D eigenvalue weighted by Gasteiger charge is 2.10. The van der Waals surface area contributed by atoms with Crippen LogP contribution in [0.5, 0.6) is 0 Å². The lowest BCUT2D eigenvalue weighted by molar-refractivity contribution is -0.115. The Morgan fingerprint density at radius 1 is 1.38 bits per heavy atom. The molecule has 16 heavy (non-hydrogen) atoms. The Bertz CT molecular complexity index is 165. The summed E-state index contributed by atoms with van der Waals surface area (Å²) in [5.41, 5.74) is 0. The van der Waals surface area contributed by atoms with Crippen LogP contribution in [0.2, 0.25) is 0 Å². The molecule has 3 N–H and O–H groups in total. The molecule has 0 aromatic rings. The van der Waals surface area contributed by atoms with Gasteiger partial charge in [0, 0.05) is 23.7 Å². The summed E-state index contributed by atoms with van der Waals surface area (Å²) in [6.45, 7) is 7.69. The van der Waals surface area contributed by atoms with E-state index in [9.17, 15) is 5.11 Å². The molecule has 1 atom stereocenters. The molecule has 0 radical (unpaired) electrons. The highest BCUT2D eigenvalue weighted by Crippen LogP contribution is 2.34. The number of aliphatic hydroxyl groups excluding tert-OH is 2. The van der Waals surface area contributed by atoms with Crippen molar-refractivity contribution >= 4 is 21.6 Å². The van der Waals surface area contributed by atoms with Gasteiger partial charge in [0.1, 0.15) is 0 Å². The van der Waals surface area contributed by atoms with Gasteiger partial charge in [-0.1, -0.05) is 42.4 Å². The molecule has 0 aromatic heterocycles. The number of aliphatic hydroxyl groups is 2. The maximum atomic E-state index is 9.30. The van der Waals surface area contributed by atoms with E-state index in [0.29, 0.717) is 19.6 Å². The Labute approximate surface area is 106 Å². The standard InChI is InChI=1S/C10H23NO3S2/c1-10(2,3)16-15-8-7-14-9(13)11-5-4-6-12/h9,11-13H,4-8H2,1-3H3. The molecule has 4 nitrogen and oxygen atoms in total. The van der Waals surface area contributed by atoms with E-state index in [1.165, 1.54) is 0 Å². The highest BCUT2D eigenvalue weighted by molar-refractivity contribution is 8.77. The molecule has 1 unspecified atom stereocenters. The molecule has 0 aromatic carbocycles. The molecule has 0 saturated carbocycles. The lowest BCUT2D eigenvalue weighted by Gasteiger charge is -2.17. The summed E-state index contributed by atoms with van der Waals surface area (Å²) in [6, 6.07) is 0. The second-order valence-corrected chi connectivity index (χ2v) is 7.51. The number of nitrogens with one attached hydrogen (secondary N) is 1.